The summed E-state index contributed by atoms with van der Waals surface area (Å²) in [5.41, 5.74) is 5.32. The average molecular weight is 271 g/mol. The zero-order valence-electron chi connectivity index (χ0n) is 10.9. The van der Waals surface area contributed by atoms with E-state index in [0.29, 0.717) is 0 Å². The molecule has 0 aromatic heterocycles. The molecule has 108 valence electrons. The van der Waals surface area contributed by atoms with Crippen LogP contribution in [0.15, 0.2) is 0 Å². The Morgan fingerprint density at radius 2 is 2.11 bits per heavy atom. The first-order valence-corrected chi connectivity index (χ1v) is 6.02. The summed E-state index contributed by atoms with van der Waals surface area (Å²) in [7, 11) is 0. The molecule has 0 radical (unpaired) electrons. The second kappa shape index (κ2) is 11.5. The first-order valence-electron chi connectivity index (χ1n) is 6.02. The van der Waals surface area contributed by atoms with Gasteiger partial charge in [0.05, 0.1) is 25.7 Å². The second-order valence-corrected chi connectivity index (χ2v) is 3.79. The summed E-state index contributed by atoms with van der Waals surface area (Å²) in [5.74, 6) is 1.82. The van der Waals surface area contributed by atoms with Gasteiger partial charge in [0.2, 0.25) is 11.8 Å². The lowest BCUT2D eigenvalue weighted by atomic mass is 10.3. The van der Waals surface area contributed by atoms with Gasteiger partial charge in [0.1, 0.15) is 6.61 Å². The number of carbonyl (C=O) groups excluding carboxylic acids is 2. The first kappa shape index (κ1) is 17.4. The third kappa shape index (κ3) is 10.0. The molecule has 0 saturated heterocycles. The van der Waals surface area contributed by atoms with E-state index in [1.807, 2.05) is 0 Å². The lowest BCUT2D eigenvalue weighted by molar-refractivity contribution is -0.123. The molecule has 0 heterocycles. The van der Waals surface area contributed by atoms with E-state index in [0.717, 1.165) is 0 Å². The number of hydrogen-bond donors (Lipinski definition) is 4. The fraction of sp³-hybridized carbons (Fsp3) is 0.667. The van der Waals surface area contributed by atoms with Crippen molar-refractivity contribution in [1.29, 1.82) is 0 Å². The van der Waals surface area contributed by atoms with Crippen LogP contribution in [0.2, 0.25) is 0 Å². The number of rotatable bonds is 10. The highest BCUT2D eigenvalue weighted by molar-refractivity contribution is 5.79. The molecule has 0 bridgehead atoms. The molecule has 0 spiro atoms. The minimum absolute atomic E-state index is 0.132. The summed E-state index contributed by atoms with van der Waals surface area (Å²) in [4.78, 5) is 22.7. The van der Waals surface area contributed by atoms with Crippen LogP contribution < -0.4 is 16.4 Å². The smallest absolute Gasteiger partial charge is 0.222 e. The molecule has 0 aliphatic heterocycles. The topological polar surface area (TPSA) is 114 Å². The third-order valence-electron chi connectivity index (χ3n) is 2.20. The molecule has 0 aliphatic rings. The lowest BCUT2D eigenvalue weighted by Gasteiger charge is -2.13. The average Bonchev–Trinajstić information content (AvgIpc) is 2.41. The molecule has 7 heteroatoms. The Balaban J connectivity index is 3.59. The first-order chi connectivity index (χ1) is 9.13. The van der Waals surface area contributed by atoms with Crippen LogP contribution >= 0.6 is 0 Å². The highest BCUT2D eigenvalue weighted by Gasteiger charge is 2.09. The Kier molecular flexibility index (Phi) is 10.5. The molecule has 7 nitrogen and oxygen atoms in total. The van der Waals surface area contributed by atoms with Crippen molar-refractivity contribution in [2.24, 2.45) is 5.73 Å². The Morgan fingerprint density at radius 1 is 1.37 bits per heavy atom. The monoisotopic (exact) mass is 271 g/mol. The summed E-state index contributed by atoms with van der Waals surface area (Å²) < 4.78 is 4.94. The molecule has 0 aromatic rings. The van der Waals surface area contributed by atoms with Crippen LogP contribution in [0.5, 0.6) is 0 Å². The Labute approximate surface area is 112 Å². The van der Waals surface area contributed by atoms with Crippen molar-refractivity contribution in [3.8, 4) is 12.3 Å². The van der Waals surface area contributed by atoms with Crippen molar-refractivity contribution < 1.29 is 19.4 Å². The molecule has 0 rings (SSSR count). The van der Waals surface area contributed by atoms with E-state index in [-0.39, 0.29) is 57.6 Å². The van der Waals surface area contributed by atoms with Crippen LogP contribution in [0, 0.1) is 12.3 Å². The van der Waals surface area contributed by atoms with Crippen molar-refractivity contribution in [3.05, 3.63) is 0 Å². The van der Waals surface area contributed by atoms with Gasteiger partial charge in [-0.2, -0.15) is 0 Å². The fourth-order valence-electron chi connectivity index (χ4n) is 1.18. The maximum absolute atomic E-state index is 11.4. The van der Waals surface area contributed by atoms with Crippen LogP contribution in [0.3, 0.4) is 0 Å². The fourth-order valence-corrected chi connectivity index (χ4v) is 1.18. The summed E-state index contributed by atoms with van der Waals surface area (Å²) in [5, 5.41) is 13.9. The van der Waals surface area contributed by atoms with Gasteiger partial charge in [0, 0.05) is 19.5 Å². The van der Waals surface area contributed by atoms with Crippen LogP contribution in [0.4, 0.5) is 0 Å². The minimum atomic E-state index is -0.444. The van der Waals surface area contributed by atoms with Gasteiger partial charge in [-0.15, -0.1) is 6.42 Å². The van der Waals surface area contributed by atoms with Gasteiger partial charge in [-0.05, 0) is 0 Å². The molecular formula is C12H21N3O4. The highest BCUT2D eigenvalue weighted by Crippen LogP contribution is 1.86. The minimum Gasteiger partial charge on any atom is -0.394 e. The predicted molar refractivity (Wildman–Crippen MR) is 70.0 cm³/mol. The summed E-state index contributed by atoms with van der Waals surface area (Å²) in [6.07, 6.45) is 5.31. The van der Waals surface area contributed by atoms with Crippen molar-refractivity contribution >= 4 is 11.8 Å². The number of ether oxygens (including phenoxy) is 1. The van der Waals surface area contributed by atoms with E-state index >= 15 is 0 Å². The van der Waals surface area contributed by atoms with Gasteiger partial charge in [-0.1, -0.05) is 5.92 Å². The second-order valence-electron chi connectivity index (χ2n) is 3.79. The molecule has 0 fully saturated rings. The molecule has 0 aliphatic carbocycles. The summed E-state index contributed by atoms with van der Waals surface area (Å²) in [6, 6.07) is -0.444. The number of carbonyl (C=O) groups is 2. The molecule has 0 saturated carbocycles. The zero-order chi connectivity index (χ0) is 14.5. The van der Waals surface area contributed by atoms with Gasteiger partial charge in [-0.3, -0.25) is 9.59 Å². The quantitative estimate of drug-likeness (QED) is 0.270. The normalized spacial score (nSPS) is 11.4. The van der Waals surface area contributed by atoms with E-state index in [4.69, 9.17) is 22.0 Å². The Hall–Kier alpha value is -1.62. The van der Waals surface area contributed by atoms with E-state index in [9.17, 15) is 9.59 Å². The van der Waals surface area contributed by atoms with Crippen molar-refractivity contribution in [1.82, 2.24) is 10.6 Å². The maximum Gasteiger partial charge on any atom is 0.222 e. The number of amides is 2. The van der Waals surface area contributed by atoms with E-state index in [1.165, 1.54) is 0 Å². The SMILES string of the molecule is C#CCOCCC(=O)NCCC(=O)NC(CN)CO. The van der Waals surface area contributed by atoms with Gasteiger partial charge < -0.3 is 26.2 Å². The summed E-state index contributed by atoms with van der Waals surface area (Å²) >= 11 is 0. The van der Waals surface area contributed by atoms with E-state index in [2.05, 4.69) is 16.6 Å². The summed E-state index contributed by atoms with van der Waals surface area (Å²) in [6.45, 7) is 0.615. The van der Waals surface area contributed by atoms with Gasteiger partial charge in [0.15, 0.2) is 0 Å². The van der Waals surface area contributed by atoms with Crippen molar-refractivity contribution in [3.63, 3.8) is 0 Å². The third-order valence-corrected chi connectivity index (χ3v) is 2.20. The molecule has 5 N–H and O–H groups in total. The number of terminal acetylenes is 1. The molecule has 19 heavy (non-hydrogen) atoms. The Morgan fingerprint density at radius 3 is 2.68 bits per heavy atom. The number of nitrogens with two attached hydrogens (primary N) is 1. The number of aliphatic hydroxyl groups excluding tert-OH is 1. The molecule has 1 unspecified atom stereocenters. The standard InChI is InChI=1S/C12H21N3O4/c1-2-6-19-7-4-11(17)14-5-3-12(18)15-10(8-13)9-16/h1,10,16H,3-9,13H2,(H,14,17)(H,15,18). The largest absolute Gasteiger partial charge is 0.394 e. The van der Waals surface area contributed by atoms with Crippen LogP contribution in [0.1, 0.15) is 12.8 Å². The van der Waals surface area contributed by atoms with Crippen LogP contribution in [-0.4, -0.2) is 55.9 Å². The van der Waals surface area contributed by atoms with E-state index in [1.54, 1.807) is 0 Å². The van der Waals surface area contributed by atoms with Crippen LogP contribution in [-0.2, 0) is 14.3 Å². The number of nitrogens with one attached hydrogen (secondary N) is 2. The molecular weight excluding hydrogens is 250 g/mol. The lowest BCUT2D eigenvalue weighted by Crippen LogP contribution is -2.43. The van der Waals surface area contributed by atoms with Crippen LogP contribution in [0.25, 0.3) is 0 Å². The van der Waals surface area contributed by atoms with Gasteiger partial charge >= 0.3 is 0 Å². The highest BCUT2D eigenvalue weighted by atomic mass is 16.5. The van der Waals surface area contributed by atoms with Crippen molar-refractivity contribution in [2.75, 3.05) is 32.9 Å². The van der Waals surface area contributed by atoms with Crippen molar-refractivity contribution in [2.45, 2.75) is 18.9 Å². The van der Waals surface area contributed by atoms with Gasteiger partial charge in [-0.25, -0.2) is 0 Å². The maximum atomic E-state index is 11.4. The Bertz CT molecular complexity index is 311. The number of hydrogen-bond acceptors (Lipinski definition) is 5. The van der Waals surface area contributed by atoms with E-state index < -0.39 is 6.04 Å². The predicted octanol–water partition coefficient (Wildman–Crippen LogP) is -2.03. The number of aliphatic hydroxyl groups is 1. The molecule has 1 atom stereocenters. The molecule has 2 amide bonds. The zero-order valence-corrected chi connectivity index (χ0v) is 10.9. The molecule has 0 aromatic carbocycles. The van der Waals surface area contributed by atoms with Gasteiger partial charge in [0.25, 0.3) is 0 Å².